The first-order valence-corrected chi connectivity index (χ1v) is 7.56. The van der Waals surface area contributed by atoms with Crippen LogP contribution in [-0.2, 0) is 6.18 Å². The molecule has 0 saturated carbocycles. The number of alkyl halides is 3. The van der Waals surface area contributed by atoms with Crippen LogP contribution in [0.1, 0.15) is 16.9 Å². The van der Waals surface area contributed by atoms with E-state index >= 15 is 0 Å². The lowest BCUT2D eigenvalue weighted by Gasteiger charge is -2.07. The van der Waals surface area contributed by atoms with Gasteiger partial charge in [0.2, 0.25) is 0 Å². The van der Waals surface area contributed by atoms with Gasteiger partial charge in [-0.1, -0.05) is 30.3 Å². The molecule has 25 heavy (non-hydrogen) atoms. The summed E-state index contributed by atoms with van der Waals surface area (Å²) in [5, 5.41) is 4.09. The Morgan fingerprint density at radius 3 is 2.56 bits per heavy atom. The van der Waals surface area contributed by atoms with Gasteiger partial charge in [0.1, 0.15) is 11.5 Å². The maximum atomic E-state index is 12.8. The third kappa shape index (κ3) is 4.09. The SMILES string of the molecule is Cc1ccccc1N/N=C/c1ccc(-c2cccc(C(F)(F)F)c2)o1. The van der Waals surface area contributed by atoms with Crippen LogP contribution in [0, 0.1) is 6.92 Å². The summed E-state index contributed by atoms with van der Waals surface area (Å²) in [6, 6.07) is 15.9. The minimum absolute atomic E-state index is 0.350. The van der Waals surface area contributed by atoms with E-state index in [1.165, 1.54) is 12.3 Å². The van der Waals surface area contributed by atoms with Crippen molar-refractivity contribution < 1.29 is 17.6 Å². The van der Waals surface area contributed by atoms with Crippen LogP contribution in [0.25, 0.3) is 11.3 Å². The van der Waals surface area contributed by atoms with Crippen LogP contribution >= 0.6 is 0 Å². The number of furan rings is 1. The fraction of sp³-hybridized carbons (Fsp3) is 0.105. The van der Waals surface area contributed by atoms with Crippen molar-refractivity contribution in [3.8, 4) is 11.3 Å². The Morgan fingerprint density at radius 2 is 1.80 bits per heavy atom. The van der Waals surface area contributed by atoms with Gasteiger partial charge in [0.15, 0.2) is 0 Å². The number of hydrazone groups is 1. The number of nitrogens with one attached hydrogen (secondary N) is 1. The lowest BCUT2D eigenvalue weighted by atomic mass is 10.1. The molecular weight excluding hydrogens is 329 g/mol. The molecule has 0 saturated heterocycles. The van der Waals surface area contributed by atoms with E-state index in [2.05, 4.69) is 10.5 Å². The highest BCUT2D eigenvalue weighted by atomic mass is 19.4. The minimum Gasteiger partial charge on any atom is -0.455 e. The maximum Gasteiger partial charge on any atom is 0.416 e. The number of rotatable bonds is 4. The summed E-state index contributed by atoms with van der Waals surface area (Å²) < 4.78 is 43.9. The van der Waals surface area contributed by atoms with Crippen molar-refractivity contribution in [1.29, 1.82) is 0 Å². The quantitative estimate of drug-likeness (QED) is 0.485. The highest BCUT2D eigenvalue weighted by Crippen LogP contribution is 2.32. The normalized spacial score (nSPS) is 11.8. The van der Waals surface area contributed by atoms with Crippen molar-refractivity contribution in [3.63, 3.8) is 0 Å². The van der Waals surface area contributed by atoms with Crippen LogP contribution in [-0.4, -0.2) is 6.21 Å². The molecule has 1 N–H and O–H groups in total. The second-order valence-electron chi connectivity index (χ2n) is 5.47. The summed E-state index contributed by atoms with van der Waals surface area (Å²) >= 11 is 0. The zero-order chi connectivity index (χ0) is 17.9. The molecule has 0 aliphatic heterocycles. The Balaban J connectivity index is 1.75. The van der Waals surface area contributed by atoms with Crippen LogP contribution in [0.4, 0.5) is 18.9 Å². The average Bonchev–Trinajstić information content (AvgIpc) is 3.05. The van der Waals surface area contributed by atoms with Crippen LogP contribution < -0.4 is 5.43 Å². The van der Waals surface area contributed by atoms with Crippen molar-refractivity contribution in [2.45, 2.75) is 13.1 Å². The van der Waals surface area contributed by atoms with Gasteiger partial charge in [-0.15, -0.1) is 0 Å². The van der Waals surface area contributed by atoms with Gasteiger partial charge in [-0.3, -0.25) is 5.43 Å². The predicted octanol–water partition coefficient (Wildman–Crippen LogP) is 5.72. The molecule has 0 spiro atoms. The fourth-order valence-corrected chi connectivity index (χ4v) is 2.29. The first-order valence-electron chi connectivity index (χ1n) is 7.56. The fourth-order valence-electron chi connectivity index (χ4n) is 2.29. The van der Waals surface area contributed by atoms with Gasteiger partial charge in [-0.2, -0.15) is 18.3 Å². The van der Waals surface area contributed by atoms with E-state index in [9.17, 15) is 13.2 Å². The Labute approximate surface area is 142 Å². The number of halogens is 3. The Bertz CT molecular complexity index is 897. The van der Waals surface area contributed by atoms with Crippen molar-refractivity contribution in [1.82, 2.24) is 0 Å². The number of hydrogen-bond acceptors (Lipinski definition) is 3. The van der Waals surface area contributed by atoms with Gasteiger partial charge in [-0.25, -0.2) is 0 Å². The third-order valence-corrected chi connectivity index (χ3v) is 3.62. The molecule has 0 aliphatic rings. The Morgan fingerprint density at radius 1 is 1.00 bits per heavy atom. The van der Waals surface area contributed by atoms with E-state index in [-0.39, 0.29) is 0 Å². The molecule has 3 nitrogen and oxygen atoms in total. The monoisotopic (exact) mass is 344 g/mol. The predicted molar refractivity (Wildman–Crippen MR) is 91.5 cm³/mol. The summed E-state index contributed by atoms with van der Waals surface area (Å²) in [4.78, 5) is 0. The molecular formula is C19H15F3N2O. The number of nitrogens with zero attached hydrogens (tertiary/aromatic N) is 1. The molecule has 6 heteroatoms. The van der Waals surface area contributed by atoms with Crippen LogP contribution in [0.5, 0.6) is 0 Å². The molecule has 128 valence electrons. The van der Waals surface area contributed by atoms with Crippen molar-refractivity contribution in [3.05, 3.63) is 77.6 Å². The lowest BCUT2D eigenvalue weighted by Crippen LogP contribution is -2.04. The summed E-state index contributed by atoms with van der Waals surface area (Å²) in [7, 11) is 0. The summed E-state index contributed by atoms with van der Waals surface area (Å²) in [6.07, 6.45) is -2.91. The van der Waals surface area contributed by atoms with Gasteiger partial charge in [0.25, 0.3) is 0 Å². The molecule has 2 aromatic carbocycles. The highest BCUT2D eigenvalue weighted by Gasteiger charge is 2.30. The molecule has 3 rings (SSSR count). The number of hydrogen-bond donors (Lipinski definition) is 1. The molecule has 1 heterocycles. The van der Waals surface area contributed by atoms with Crippen molar-refractivity contribution >= 4 is 11.9 Å². The summed E-state index contributed by atoms with van der Waals surface area (Å²) in [5.74, 6) is 0.789. The largest absolute Gasteiger partial charge is 0.455 e. The van der Waals surface area contributed by atoms with Crippen molar-refractivity contribution in [2.75, 3.05) is 5.43 Å². The average molecular weight is 344 g/mol. The zero-order valence-corrected chi connectivity index (χ0v) is 13.3. The number of benzene rings is 2. The number of para-hydroxylation sites is 1. The Kier molecular flexibility index (Phi) is 4.61. The maximum absolute atomic E-state index is 12.8. The van der Waals surface area contributed by atoms with Gasteiger partial charge in [-0.05, 0) is 42.8 Å². The Hall–Kier alpha value is -3.02. The van der Waals surface area contributed by atoms with E-state index in [0.29, 0.717) is 17.1 Å². The van der Waals surface area contributed by atoms with Gasteiger partial charge in [0, 0.05) is 5.56 Å². The van der Waals surface area contributed by atoms with Crippen molar-refractivity contribution in [2.24, 2.45) is 5.10 Å². The minimum atomic E-state index is -4.38. The molecule has 0 unspecified atom stereocenters. The first-order chi connectivity index (χ1) is 11.9. The van der Waals surface area contributed by atoms with Gasteiger partial charge in [0.05, 0.1) is 17.5 Å². The van der Waals surface area contributed by atoms with E-state index in [0.717, 1.165) is 23.4 Å². The van der Waals surface area contributed by atoms with Gasteiger partial charge >= 0.3 is 6.18 Å². The second kappa shape index (κ2) is 6.84. The number of anilines is 1. The summed E-state index contributed by atoms with van der Waals surface area (Å²) in [6.45, 7) is 1.95. The number of aryl methyl sites for hydroxylation is 1. The molecule has 0 radical (unpaired) electrons. The third-order valence-electron chi connectivity index (χ3n) is 3.62. The van der Waals surface area contributed by atoms with E-state index in [4.69, 9.17) is 4.42 Å². The van der Waals surface area contributed by atoms with E-state index in [1.807, 2.05) is 31.2 Å². The standard InChI is InChI=1S/C19H15F3N2O/c1-13-5-2-3-8-17(13)24-23-12-16-9-10-18(25-16)14-6-4-7-15(11-14)19(20,21)22/h2-12,24H,1H3/b23-12+. The molecule has 0 amide bonds. The van der Waals surface area contributed by atoms with Crippen LogP contribution in [0.2, 0.25) is 0 Å². The highest BCUT2D eigenvalue weighted by molar-refractivity contribution is 5.78. The smallest absolute Gasteiger partial charge is 0.416 e. The van der Waals surface area contributed by atoms with E-state index < -0.39 is 11.7 Å². The topological polar surface area (TPSA) is 37.5 Å². The molecule has 3 aromatic rings. The van der Waals surface area contributed by atoms with Gasteiger partial charge < -0.3 is 4.42 Å². The summed E-state index contributed by atoms with van der Waals surface area (Å²) in [5.41, 5.74) is 4.46. The van der Waals surface area contributed by atoms with E-state index in [1.54, 1.807) is 18.2 Å². The molecule has 0 fully saturated rings. The lowest BCUT2D eigenvalue weighted by molar-refractivity contribution is -0.137. The van der Waals surface area contributed by atoms with Crippen LogP contribution in [0.15, 0.2) is 70.2 Å². The molecule has 0 atom stereocenters. The molecule has 1 aromatic heterocycles. The molecule has 0 aliphatic carbocycles. The molecule has 0 bridgehead atoms. The van der Waals surface area contributed by atoms with Crippen LogP contribution in [0.3, 0.4) is 0 Å². The second-order valence-corrected chi connectivity index (χ2v) is 5.47. The zero-order valence-electron chi connectivity index (χ0n) is 13.3. The first kappa shape index (κ1) is 16.8.